The zero-order valence-electron chi connectivity index (χ0n) is 8.41. The number of nitrogen functional groups attached to an aromatic ring is 1. The van der Waals surface area contributed by atoms with E-state index in [0.717, 1.165) is 31.2 Å². The summed E-state index contributed by atoms with van der Waals surface area (Å²) >= 11 is 0. The van der Waals surface area contributed by atoms with E-state index in [1.807, 2.05) is 12.1 Å². The molecule has 1 aromatic carbocycles. The fourth-order valence-electron chi connectivity index (χ4n) is 1.98. The van der Waals surface area contributed by atoms with Crippen molar-refractivity contribution in [1.29, 1.82) is 0 Å². The number of ether oxygens (including phenoxy) is 1. The van der Waals surface area contributed by atoms with Crippen molar-refractivity contribution < 1.29 is 4.74 Å². The number of nitrogens with two attached hydrogens (primary N) is 1. The molecule has 76 valence electrons. The maximum absolute atomic E-state index is 5.91. The van der Waals surface area contributed by atoms with Crippen LogP contribution in [-0.2, 0) is 11.2 Å². The zero-order chi connectivity index (χ0) is 9.80. The number of para-hydroxylation sites is 1. The van der Waals surface area contributed by atoms with Gasteiger partial charge in [-0.05, 0) is 36.8 Å². The molecule has 0 unspecified atom stereocenters. The fraction of sp³-hybridized carbons (Fsp3) is 0.500. The number of anilines is 1. The monoisotopic (exact) mass is 191 g/mol. The summed E-state index contributed by atoms with van der Waals surface area (Å²) in [5.41, 5.74) is 8.13. The van der Waals surface area contributed by atoms with Crippen molar-refractivity contribution in [3.05, 3.63) is 29.8 Å². The molecule has 1 heterocycles. The Morgan fingerprint density at radius 2 is 1.93 bits per heavy atom. The Balaban J connectivity index is 1.99. The van der Waals surface area contributed by atoms with E-state index in [2.05, 4.69) is 12.1 Å². The topological polar surface area (TPSA) is 35.2 Å². The molecule has 0 saturated carbocycles. The highest BCUT2D eigenvalue weighted by Crippen LogP contribution is 2.22. The molecule has 0 bridgehead atoms. The molecule has 0 aliphatic carbocycles. The maximum Gasteiger partial charge on any atom is 0.0468 e. The molecule has 1 aromatic rings. The van der Waals surface area contributed by atoms with Crippen molar-refractivity contribution in [2.45, 2.75) is 19.3 Å². The van der Waals surface area contributed by atoms with Crippen LogP contribution in [0.4, 0.5) is 5.69 Å². The Labute approximate surface area is 85.1 Å². The van der Waals surface area contributed by atoms with Crippen LogP contribution in [0.2, 0.25) is 0 Å². The quantitative estimate of drug-likeness (QED) is 0.728. The lowest BCUT2D eigenvalue weighted by molar-refractivity contribution is 0.0666. The minimum Gasteiger partial charge on any atom is -0.399 e. The highest BCUT2D eigenvalue weighted by molar-refractivity contribution is 5.46. The standard InChI is InChI=1S/C12H17NO/c13-12-4-2-1-3-11(12)9-10-5-7-14-8-6-10/h1-4,10H,5-9,13H2. The van der Waals surface area contributed by atoms with Gasteiger partial charge in [-0.2, -0.15) is 0 Å². The van der Waals surface area contributed by atoms with Crippen molar-refractivity contribution in [2.75, 3.05) is 18.9 Å². The summed E-state index contributed by atoms with van der Waals surface area (Å²) in [7, 11) is 0. The average molecular weight is 191 g/mol. The van der Waals surface area contributed by atoms with Gasteiger partial charge in [-0.25, -0.2) is 0 Å². The molecule has 2 N–H and O–H groups in total. The average Bonchev–Trinajstić information content (AvgIpc) is 2.23. The second-order valence-corrected chi connectivity index (χ2v) is 3.96. The van der Waals surface area contributed by atoms with Crippen LogP contribution < -0.4 is 5.73 Å². The lowest BCUT2D eigenvalue weighted by Gasteiger charge is -2.22. The highest BCUT2D eigenvalue weighted by atomic mass is 16.5. The van der Waals surface area contributed by atoms with E-state index in [1.165, 1.54) is 18.4 Å². The van der Waals surface area contributed by atoms with Crippen LogP contribution in [0.3, 0.4) is 0 Å². The molecule has 1 saturated heterocycles. The van der Waals surface area contributed by atoms with Gasteiger partial charge in [-0.15, -0.1) is 0 Å². The Bertz CT molecular complexity index is 292. The Kier molecular flexibility index (Phi) is 3.04. The van der Waals surface area contributed by atoms with Gasteiger partial charge < -0.3 is 10.5 Å². The van der Waals surface area contributed by atoms with Crippen LogP contribution in [0.5, 0.6) is 0 Å². The van der Waals surface area contributed by atoms with Crippen molar-refractivity contribution in [3.8, 4) is 0 Å². The first-order chi connectivity index (χ1) is 6.86. The summed E-state index contributed by atoms with van der Waals surface area (Å²) in [4.78, 5) is 0. The molecule has 14 heavy (non-hydrogen) atoms. The van der Waals surface area contributed by atoms with E-state index in [4.69, 9.17) is 10.5 Å². The van der Waals surface area contributed by atoms with Crippen LogP contribution in [-0.4, -0.2) is 13.2 Å². The third-order valence-corrected chi connectivity index (χ3v) is 2.90. The molecule has 1 aliphatic heterocycles. The van der Waals surface area contributed by atoms with Gasteiger partial charge in [-0.1, -0.05) is 18.2 Å². The maximum atomic E-state index is 5.91. The summed E-state index contributed by atoms with van der Waals surface area (Å²) in [6.07, 6.45) is 3.46. The van der Waals surface area contributed by atoms with E-state index < -0.39 is 0 Å². The molecule has 0 amide bonds. The van der Waals surface area contributed by atoms with Gasteiger partial charge >= 0.3 is 0 Å². The molecule has 0 atom stereocenters. The molecular formula is C12H17NO. The minimum absolute atomic E-state index is 0.758. The molecule has 0 aromatic heterocycles. The minimum atomic E-state index is 0.758. The van der Waals surface area contributed by atoms with Crippen LogP contribution in [0.1, 0.15) is 18.4 Å². The fourth-order valence-corrected chi connectivity index (χ4v) is 1.98. The van der Waals surface area contributed by atoms with E-state index in [1.54, 1.807) is 0 Å². The highest BCUT2D eigenvalue weighted by Gasteiger charge is 2.14. The van der Waals surface area contributed by atoms with Gasteiger partial charge in [0.15, 0.2) is 0 Å². The Morgan fingerprint density at radius 1 is 1.21 bits per heavy atom. The molecule has 1 aliphatic rings. The van der Waals surface area contributed by atoms with Gasteiger partial charge in [0.2, 0.25) is 0 Å². The van der Waals surface area contributed by atoms with Crippen molar-refractivity contribution >= 4 is 5.69 Å². The van der Waals surface area contributed by atoms with Crippen LogP contribution >= 0.6 is 0 Å². The van der Waals surface area contributed by atoms with Gasteiger partial charge in [0.1, 0.15) is 0 Å². The van der Waals surface area contributed by atoms with Gasteiger partial charge in [0, 0.05) is 18.9 Å². The van der Waals surface area contributed by atoms with Crippen molar-refractivity contribution in [3.63, 3.8) is 0 Å². The largest absolute Gasteiger partial charge is 0.399 e. The lowest BCUT2D eigenvalue weighted by Crippen LogP contribution is -2.17. The Morgan fingerprint density at radius 3 is 2.64 bits per heavy atom. The first kappa shape index (κ1) is 9.53. The first-order valence-electron chi connectivity index (χ1n) is 5.27. The van der Waals surface area contributed by atoms with Crippen molar-refractivity contribution in [2.24, 2.45) is 5.92 Å². The number of hydrogen-bond acceptors (Lipinski definition) is 2. The van der Waals surface area contributed by atoms with Gasteiger partial charge in [0.05, 0.1) is 0 Å². The second-order valence-electron chi connectivity index (χ2n) is 3.96. The van der Waals surface area contributed by atoms with Gasteiger partial charge in [-0.3, -0.25) is 0 Å². The molecule has 0 spiro atoms. The summed E-state index contributed by atoms with van der Waals surface area (Å²) < 4.78 is 5.34. The smallest absolute Gasteiger partial charge is 0.0468 e. The second kappa shape index (κ2) is 4.47. The molecule has 2 heteroatoms. The summed E-state index contributed by atoms with van der Waals surface area (Å²) in [5, 5.41) is 0. The van der Waals surface area contributed by atoms with E-state index in [0.29, 0.717) is 0 Å². The SMILES string of the molecule is Nc1ccccc1CC1CCOCC1. The third-order valence-electron chi connectivity index (χ3n) is 2.90. The van der Waals surface area contributed by atoms with E-state index >= 15 is 0 Å². The predicted octanol–water partition coefficient (Wildman–Crippen LogP) is 2.24. The molecule has 2 nitrogen and oxygen atoms in total. The van der Waals surface area contributed by atoms with Crippen molar-refractivity contribution in [1.82, 2.24) is 0 Å². The van der Waals surface area contributed by atoms with Crippen LogP contribution in [0.15, 0.2) is 24.3 Å². The summed E-state index contributed by atoms with van der Waals surface area (Å²) in [6, 6.07) is 8.16. The lowest BCUT2D eigenvalue weighted by atomic mass is 9.92. The van der Waals surface area contributed by atoms with Crippen LogP contribution in [0.25, 0.3) is 0 Å². The normalized spacial score (nSPS) is 18.3. The predicted molar refractivity (Wildman–Crippen MR) is 58.1 cm³/mol. The summed E-state index contributed by atoms with van der Waals surface area (Å²) in [6.45, 7) is 1.83. The summed E-state index contributed by atoms with van der Waals surface area (Å²) in [5.74, 6) is 0.758. The Hall–Kier alpha value is -1.02. The first-order valence-corrected chi connectivity index (χ1v) is 5.27. The van der Waals surface area contributed by atoms with E-state index in [-0.39, 0.29) is 0 Å². The molecule has 0 radical (unpaired) electrons. The third kappa shape index (κ3) is 2.26. The zero-order valence-corrected chi connectivity index (χ0v) is 8.41. The number of hydrogen-bond donors (Lipinski definition) is 1. The van der Waals surface area contributed by atoms with Gasteiger partial charge in [0.25, 0.3) is 0 Å². The molecule has 1 fully saturated rings. The number of benzene rings is 1. The number of rotatable bonds is 2. The molecule has 2 rings (SSSR count). The van der Waals surface area contributed by atoms with Crippen LogP contribution in [0, 0.1) is 5.92 Å². The molecular weight excluding hydrogens is 174 g/mol. The van der Waals surface area contributed by atoms with E-state index in [9.17, 15) is 0 Å².